The van der Waals surface area contributed by atoms with Crippen LogP contribution in [0.1, 0.15) is 27.8 Å². The number of hydrogen-bond acceptors (Lipinski definition) is 4. The SMILES string of the molecule is Cc1cccc(C)c1OP(=O)(OCc1ccccc1)Oc1c(C)cccc1C. The maximum atomic E-state index is 13.7. The van der Waals surface area contributed by atoms with Crippen LogP contribution < -0.4 is 9.05 Å². The Morgan fingerprint density at radius 2 is 1.07 bits per heavy atom. The molecule has 0 aliphatic rings. The van der Waals surface area contributed by atoms with Gasteiger partial charge in [0.1, 0.15) is 11.5 Å². The standard InChI is InChI=1S/C23H25O4P/c1-17-10-8-11-18(2)22(17)26-28(24,25-16-21-14-6-5-7-15-21)27-23-19(3)12-9-13-20(23)4/h5-15H,16H2,1-4H3. The molecule has 0 aromatic heterocycles. The number of hydrogen-bond donors (Lipinski definition) is 0. The van der Waals surface area contributed by atoms with E-state index in [-0.39, 0.29) is 6.61 Å². The number of para-hydroxylation sites is 2. The predicted octanol–water partition coefficient (Wildman–Crippen LogP) is 6.70. The van der Waals surface area contributed by atoms with Gasteiger partial charge in [-0.3, -0.25) is 4.52 Å². The van der Waals surface area contributed by atoms with E-state index in [9.17, 15) is 4.57 Å². The Hall–Kier alpha value is -2.55. The monoisotopic (exact) mass is 396 g/mol. The van der Waals surface area contributed by atoms with Gasteiger partial charge in [0.15, 0.2) is 0 Å². The Morgan fingerprint density at radius 1 is 0.643 bits per heavy atom. The van der Waals surface area contributed by atoms with Gasteiger partial charge in [-0.1, -0.05) is 66.7 Å². The van der Waals surface area contributed by atoms with Crippen molar-refractivity contribution in [3.8, 4) is 11.5 Å². The summed E-state index contributed by atoms with van der Waals surface area (Å²) in [7, 11) is -3.94. The fraction of sp³-hybridized carbons (Fsp3) is 0.217. The normalized spacial score (nSPS) is 11.3. The van der Waals surface area contributed by atoms with Crippen molar-refractivity contribution in [2.45, 2.75) is 34.3 Å². The molecule has 0 unspecified atom stereocenters. The van der Waals surface area contributed by atoms with E-state index in [4.69, 9.17) is 13.6 Å². The van der Waals surface area contributed by atoms with E-state index in [0.29, 0.717) is 11.5 Å². The molecule has 0 aliphatic heterocycles. The van der Waals surface area contributed by atoms with Crippen LogP contribution in [0.5, 0.6) is 11.5 Å². The smallest absolute Gasteiger partial charge is 0.394 e. The zero-order chi connectivity index (χ0) is 20.1. The van der Waals surface area contributed by atoms with Crippen LogP contribution in [-0.2, 0) is 15.7 Å². The average Bonchev–Trinajstić information content (AvgIpc) is 2.68. The molecule has 0 heterocycles. The van der Waals surface area contributed by atoms with E-state index >= 15 is 0 Å². The van der Waals surface area contributed by atoms with Gasteiger partial charge in [0.2, 0.25) is 0 Å². The largest absolute Gasteiger partial charge is 0.587 e. The van der Waals surface area contributed by atoms with Crippen molar-refractivity contribution in [1.29, 1.82) is 0 Å². The molecule has 28 heavy (non-hydrogen) atoms. The lowest BCUT2D eigenvalue weighted by molar-refractivity contribution is 0.200. The third-order valence-corrected chi connectivity index (χ3v) is 5.71. The van der Waals surface area contributed by atoms with E-state index in [0.717, 1.165) is 27.8 Å². The lowest BCUT2D eigenvalue weighted by Gasteiger charge is -2.22. The second-order valence-electron chi connectivity index (χ2n) is 6.83. The van der Waals surface area contributed by atoms with E-state index in [2.05, 4.69) is 0 Å². The third-order valence-electron chi connectivity index (χ3n) is 4.46. The van der Waals surface area contributed by atoms with Gasteiger partial charge in [0.05, 0.1) is 6.61 Å². The average molecular weight is 396 g/mol. The van der Waals surface area contributed by atoms with Gasteiger partial charge in [-0.2, -0.15) is 0 Å². The molecule has 0 spiro atoms. The minimum absolute atomic E-state index is 0.119. The van der Waals surface area contributed by atoms with Crippen LogP contribution in [0, 0.1) is 27.7 Å². The fourth-order valence-corrected chi connectivity index (χ4v) is 4.38. The maximum absolute atomic E-state index is 13.7. The zero-order valence-corrected chi connectivity index (χ0v) is 17.5. The van der Waals surface area contributed by atoms with Crippen molar-refractivity contribution in [3.63, 3.8) is 0 Å². The minimum atomic E-state index is -3.94. The molecule has 5 heteroatoms. The van der Waals surface area contributed by atoms with Crippen molar-refractivity contribution in [3.05, 3.63) is 94.5 Å². The van der Waals surface area contributed by atoms with Gasteiger partial charge in [-0.15, -0.1) is 0 Å². The Labute approximate surface area is 166 Å². The highest BCUT2D eigenvalue weighted by atomic mass is 31.2. The van der Waals surface area contributed by atoms with E-state index in [1.807, 2.05) is 94.4 Å². The molecule has 4 nitrogen and oxygen atoms in total. The molecule has 0 N–H and O–H groups in total. The molecule has 0 bridgehead atoms. The molecule has 0 amide bonds. The highest BCUT2D eigenvalue weighted by Crippen LogP contribution is 2.52. The molecule has 0 saturated heterocycles. The molecule has 0 radical (unpaired) electrons. The maximum Gasteiger partial charge on any atom is 0.587 e. The van der Waals surface area contributed by atoms with Gasteiger partial charge < -0.3 is 9.05 Å². The lowest BCUT2D eigenvalue weighted by atomic mass is 10.1. The quantitative estimate of drug-likeness (QED) is 0.417. The molecule has 0 fully saturated rings. The first-order valence-corrected chi connectivity index (χ1v) is 10.6. The number of benzene rings is 3. The molecule has 3 rings (SSSR count). The van der Waals surface area contributed by atoms with Crippen LogP contribution in [0.3, 0.4) is 0 Å². The first-order chi connectivity index (χ1) is 13.4. The van der Waals surface area contributed by atoms with Gasteiger partial charge >= 0.3 is 7.82 Å². The van der Waals surface area contributed by atoms with Crippen LogP contribution >= 0.6 is 7.82 Å². The summed E-state index contributed by atoms with van der Waals surface area (Å²) in [6, 6.07) is 21.0. The van der Waals surface area contributed by atoms with Crippen LogP contribution in [0.2, 0.25) is 0 Å². The highest BCUT2D eigenvalue weighted by molar-refractivity contribution is 7.49. The predicted molar refractivity (Wildman–Crippen MR) is 112 cm³/mol. The summed E-state index contributed by atoms with van der Waals surface area (Å²) in [6.07, 6.45) is 0. The first kappa shape index (κ1) is 20.2. The summed E-state index contributed by atoms with van der Waals surface area (Å²) in [5.41, 5.74) is 4.36. The molecule has 0 saturated carbocycles. The minimum Gasteiger partial charge on any atom is -0.394 e. The van der Waals surface area contributed by atoms with Gasteiger partial charge in [-0.05, 0) is 55.5 Å². The van der Waals surface area contributed by atoms with Crippen molar-refractivity contribution >= 4 is 7.82 Å². The summed E-state index contributed by atoms with van der Waals surface area (Å²) in [5.74, 6) is 1.04. The Kier molecular flexibility index (Phi) is 6.23. The van der Waals surface area contributed by atoms with E-state index < -0.39 is 7.82 Å². The molecule has 0 aliphatic carbocycles. The number of aryl methyl sites for hydroxylation is 4. The molecular formula is C23H25O4P. The summed E-state index contributed by atoms with van der Waals surface area (Å²) in [5, 5.41) is 0. The second-order valence-corrected chi connectivity index (χ2v) is 8.35. The van der Waals surface area contributed by atoms with Crippen molar-refractivity contribution in [2.24, 2.45) is 0 Å². The molecule has 146 valence electrons. The lowest BCUT2D eigenvalue weighted by Crippen LogP contribution is -2.08. The third kappa shape index (κ3) is 4.83. The second kappa shape index (κ2) is 8.64. The fourth-order valence-electron chi connectivity index (χ4n) is 2.91. The van der Waals surface area contributed by atoms with Crippen LogP contribution in [0.15, 0.2) is 66.7 Å². The van der Waals surface area contributed by atoms with Gasteiger partial charge in [-0.25, -0.2) is 4.57 Å². The Bertz CT molecular complexity index is 901. The molecule has 3 aromatic carbocycles. The van der Waals surface area contributed by atoms with Crippen LogP contribution in [0.25, 0.3) is 0 Å². The summed E-state index contributed by atoms with van der Waals surface area (Å²) in [6.45, 7) is 7.74. The molecule has 0 atom stereocenters. The number of phosphoric ester groups is 1. The number of rotatable bonds is 7. The summed E-state index contributed by atoms with van der Waals surface area (Å²) in [4.78, 5) is 0. The van der Waals surface area contributed by atoms with Crippen LogP contribution in [0.4, 0.5) is 0 Å². The van der Waals surface area contributed by atoms with Crippen molar-refractivity contribution < 1.29 is 18.1 Å². The number of phosphoric acid groups is 1. The molecular weight excluding hydrogens is 371 g/mol. The van der Waals surface area contributed by atoms with E-state index in [1.54, 1.807) is 0 Å². The Morgan fingerprint density at radius 3 is 1.50 bits per heavy atom. The highest BCUT2D eigenvalue weighted by Gasteiger charge is 2.33. The zero-order valence-electron chi connectivity index (χ0n) is 16.6. The van der Waals surface area contributed by atoms with Crippen molar-refractivity contribution in [1.82, 2.24) is 0 Å². The van der Waals surface area contributed by atoms with Gasteiger partial charge in [0, 0.05) is 0 Å². The Balaban J connectivity index is 1.94. The van der Waals surface area contributed by atoms with Crippen LogP contribution in [-0.4, -0.2) is 0 Å². The van der Waals surface area contributed by atoms with Crippen molar-refractivity contribution in [2.75, 3.05) is 0 Å². The van der Waals surface area contributed by atoms with Gasteiger partial charge in [0.25, 0.3) is 0 Å². The summed E-state index contributed by atoms with van der Waals surface area (Å²) < 4.78 is 31.2. The molecule has 3 aromatic rings. The van der Waals surface area contributed by atoms with E-state index in [1.165, 1.54) is 0 Å². The summed E-state index contributed by atoms with van der Waals surface area (Å²) >= 11 is 0. The topological polar surface area (TPSA) is 44.8 Å². The first-order valence-electron chi connectivity index (χ1n) is 9.18.